The summed E-state index contributed by atoms with van der Waals surface area (Å²) in [4.78, 5) is 12.0. The number of carbonyl (C=O) groups excluding carboxylic acids is 1. The number of rotatable bonds is 6. The third-order valence-electron chi connectivity index (χ3n) is 2.84. The second-order valence-corrected chi connectivity index (χ2v) is 4.88. The van der Waals surface area contributed by atoms with Gasteiger partial charge in [0, 0.05) is 12.1 Å². The van der Waals surface area contributed by atoms with Gasteiger partial charge >= 0.3 is 0 Å². The quantitative estimate of drug-likeness (QED) is 0.801. The summed E-state index contributed by atoms with van der Waals surface area (Å²) in [7, 11) is 0. The van der Waals surface area contributed by atoms with E-state index in [1.807, 2.05) is 30.3 Å². The van der Waals surface area contributed by atoms with Gasteiger partial charge in [0.05, 0.1) is 0 Å². The molecule has 3 N–H and O–H groups in total. The van der Waals surface area contributed by atoms with Crippen LogP contribution in [0.25, 0.3) is 0 Å². The van der Waals surface area contributed by atoms with Gasteiger partial charge in [0.2, 0.25) is 0 Å². The van der Waals surface area contributed by atoms with Gasteiger partial charge in [0.25, 0.3) is 5.91 Å². The molecule has 0 saturated carbocycles. The molecule has 0 aliphatic heterocycles. The van der Waals surface area contributed by atoms with Crippen LogP contribution in [-0.2, 0) is 11.3 Å². The first-order chi connectivity index (χ1) is 10.1. The fraction of sp³-hybridized carbons (Fsp3) is 0.125. The van der Waals surface area contributed by atoms with E-state index in [0.29, 0.717) is 17.3 Å². The molecule has 2 aromatic carbocycles. The number of hydrogen-bond acceptors (Lipinski definition) is 3. The number of ether oxygens (including phenoxy) is 1. The second kappa shape index (κ2) is 7.40. The van der Waals surface area contributed by atoms with E-state index in [2.05, 4.69) is 5.32 Å². The van der Waals surface area contributed by atoms with Gasteiger partial charge in [-0.05, 0) is 29.8 Å². The van der Waals surface area contributed by atoms with Crippen molar-refractivity contribution in [2.45, 2.75) is 6.54 Å². The van der Waals surface area contributed by atoms with Crippen LogP contribution in [0.15, 0.2) is 54.6 Å². The van der Waals surface area contributed by atoms with E-state index in [-0.39, 0.29) is 12.5 Å². The van der Waals surface area contributed by atoms with Gasteiger partial charge in [-0.15, -0.1) is 0 Å². The van der Waals surface area contributed by atoms with E-state index in [9.17, 15) is 4.79 Å². The molecule has 0 fully saturated rings. The SMILES string of the molecule is NC(=S)c1ccc(OCC(=O)NCc2ccccc2)cc1. The lowest BCUT2D eigenvalue weighted by Crippen LogP contribution is -2.28. The average molecular weight is 300 g/mol. The van der Waals surface area contributed by atoms with Crippen LogP contribution in [0.3, 0.4) is 0 Å². The zero-order chi connectivity index (χ0) is 15.1. The van der Waals surface area contributed by atoms with Gasteiger partial charge in [-0.1, -0.05) is 42.5 Å². The Kier molecular flexibility index (Phi) is 5.29. The van der Waals surface area contributed by atoms with Crippen LogP contribution in [0, 0.1) is 0 Å². The molecule has 0 atom stereocenters. The molecular weight excluding hydrogens is 284 g/mol. The summed E-state index contributed by atoms with van der Waals surface area (Å²) in [6.07, 6.45) is 0. The Hall–Kier alpha value is -2.40. The van der Waals surface area contributed by atoms with E-state index < -0.39 is 0 Å². The van der Waals surface area contributed by atoms with Crippen molar-refractivity contribution in [2.75, 3.05) is 6.61 Å². The molecule has 1 amide bonds. The molecule has 0 spiro atoms. The third kappa shape index (κ3) is 4.89. The lowest BCUT2D eigenvalue weighted by molar-refractivity contribution is -0.123. The van der Waals surface area contributed by atoms with Crippen molar-refractivity contribution in [3.8, 4) is 5.75 Å². The minimum Gasteiger partial charge on any atom is -0.484 e. The largest absolute Gasteiger partial charge is 0.484 e. The topological polar surface area (TPSA) is 64.3 Å². The van der Waals surface area contributed by atoms with Crippen LogP contribution in [0.5, 0.6) is 5.75 Å². The molecule has 0 unspecified atom stereocenters. The minimum atomic E-state index is -0.169. The number of carbonyl (C=O) groups is 1. The lowest BCUT2D eigenvalue weighted by Gasteiger charge is -2.08. The molecule has 5 heteroatoms. The summed E-state index contributed by atoms with van der Waals surface area (Å²) < 4.78 is 5.39. The molecule has 21 heavy (non-hydrogen) atoms. The molecule has 2 aromatic rings. The zero-order valence-electron chi connectivity index (χ0n) is 11.4. The highest BCUT2D eigenvalue weighted by Gasteiger charge is 2.03. The van der Waals surface area contributed by atoms with Crippen molar-refractivity contribution >= 4 is 23.1 Å². The number of nitrogens with one attached hydrogen (secondary N) is 1. The van der Waals surface area contributed by atoms with Gasteiger partial charge < -0.3 is 15.8 Å². The molecule has 0 radical (unpaired) electrons. The van der Waals surface area contributed by atoms with Crippen molar-refractivity contribution in [1.29, 1.82) is 0 Å². The molecule has 0 aliphatic carbocycles. The first kappa shape index (κ1) is 15.0. The Labute approximate surface area is 128 Å². The molecule has 0 bridgehead atoms. The van der Waals surface area contributed by atoms with Gasteiger partial charge in [-0.25, -0.2) is 0 Å². The normalized spacial score (nSPS) is 9.90. The van der Waals surface area contributed by atoms with E-state index in [1.54, 1.807) is 24.3 Å². The van der Waals surface area contributed by atoms with Crippen LogP contribution < -0.4 is 15.8 Å². The maximum atomic E-state index is 11.7. The number of nitrogens with two attached hydrogens (primary N) is 1. The van der Waals surface area contributed by atoms with Crippen molar-refractivity contribution in [3.05, 3.63) is 65.7 Å². The number of hydrogen-bond donors (Lipinski definition) is 2. The highest BCUT2D eigenvalue weighted by molar-refractivity contribution is 7.80. The fourth-order valence-corrected chi connectivity index (χ4v) is 1.85. The number of amides is 1. The van der Waals surface area contributed by atoms with E-state index in [1.165, 1.54) is 0 Å². The first-order valence-electron chi connectivity index (χ1n) is 6.48. The summed E-state index contributed by atoms with van der Waals surface area (Å²) in [5.41, 5.74) is 7.32. The van der Waals surface area contributed by atoms with Crippen LogP contribution in [-0.4, -0.2) is 17.5 Å². The molecule has 108 valence electrons. The maximum Gasteiger partial charge on any atom is 0.258 e. The van der Waals surface area contributed by atoms with Gasteiger partial charge in [0.15, 0.2) is 6.61 Å². The summed E-state index contributed by atoms with van der Waals surface area (Å²) >= 11 is 4.87. The Morgan fingerprint density at radius 2 is 1.76 bits per heavy atom. The van der Waals surface area contributed by atoms with Crippen molar-refractivity contribution in [2.24, 2.45) is 5.73 Å². The molecule has 0 aromatic heterocycles. The fourth-order valence-electron chi connectivity index (χ4n) is 1.71. The summed E-state index contributed by atoms with van der Waals surface area (Å²) in [6.45, 7) is 0.461. The predicted octanol–water partition coefficient (Wildman–Crippen LogP) is 2.02. The Morgan fingerprint density at radius 1 is 1.10 bits per heavy atom. The van der Waals surface area contributed by atoms with Crippen LogP contribution in [0.4, 0.5) is 0 Å². The summed E-state index contributed by atoms with van der Waals surface area (Å²) in [6, 6.07) is 16.7. The highest BCUT2D eigenvalue weighted by atomic mass is 32.1. The molecule has 0 saturated heterocycles. The zero-order valence-corrected chi connectivity index (χ0v) is 12.2. The maximum absolute atomic E-state index is 11.7. The van der Waals surface area contributed by atoms with Crippen LogP contribution >= 0.6 is 12.2 Å². The minimum absolute atomic E-state index is 0.0285. The monoisotopic (exact) mass is 300 g/mol. The average Bonchev–Trinajstić information content (AvgIpc) is 2.52. The molecule has 4 nitrogen and oxygen atoms in total. The Bertz CT molecular complexity index is 612. The summed E-state index contributed by atoms with van der Waals surface area (Å²) in [5.74, 6) is 0.433. The second-order valence-electron chi connectivity index (χ2n) is 4.44. The lowest BCUT2D eigenvalue weighted by atomic mass is 10.2. The third-order valence-corrected chi connectivity index (χ3v) is 3.08. The summed E-state index contributed by atoms with van der Waals surface area (Å²) in [5, 5.41) is 2.79. The molecule has 0 heterocycles. The van der Waals surface area contributed by atoms with Gasteiger partial charge in [-0.2, -0.15) is 0 Å². The van der Waals surface area contributed by atoms with Gasteiger partial charge in [-0.3, -0.25) is 4.79 Å². The number of thiocarbonyl (C=S) groups is 1. The van der Waals surface area contributed by atoms with Crippen LogP contribution in [0.1, 0.15) is 11.1 Å². The molecular formula is C16H16N2O2S. The van der Waals surface area contributed by atoms with Crippen molar-refractivity contribution in [1.82, 2.24) is 5.32 Å². The van der Waals surface area contributed by atoms with Crippen molar-refractivity contribution < 1.29 is 9.53 Å². The van der Waals surface area contributed by atoms with E-state index in [4.69, 9.17) is 22.7 Å². The standard InChI is InChI=1S/C16H16N2O2S/c17-16(21)13-6-8-14(9-7-13)20-11-15(19)18-10-12-4-2-1-3-5-12/h1-9H,10-11H2,(H2,17,21)(H,18,19). The molecule has 0 aliphatic rings. The highest BCUT2D eigenvalue weighted by Crippen LogP contribution is 2.11. The Balaban J connectivity index is 1.77. The van der Waals surface area contributed by atoms with Crippen LogP contribution in [0.2, 0.25) is 0 Å². The first-order valence-corrected chi connectivity index (χ1v) is 6.89. The predicted molar refractivity (Wildman–Crippen MR) is 86.1 cm³/mol. The van der Waals surface area contributed by atoms with E-state index >= 15 is 0 Å². The smallest absolute Gasteiger partial charge is 0.258 e. The van der Waals surface area contributed by atoms with Gasteiger partial charge in [0.1, 0.15) is 10.7 Å². The molecule has 2 rings (SSSR count). The van der Waals surface area contributed by atoms with Crippen molar-refractivity contribution in [3.63, 3.8) is 0 Å². The van der Waals surface area contributed by atoms with E-state index in [0.717, 1.165) is 11.1 Å². The Morgan fingerprint density at radius 3 is 2.38 bits per heavy atom. The number of benzene rings is 2.